The molecule has 0 spiro atoms. The third-order valence-corrected chi connectivity index (χ3v) is 7.78. The van der Waals surface area contributed by atoms with Crippen molar-refractivity contribution in [1.29, 1.82) is 0 Å². The maximum atomic E-state index is 6.44. The van der Waals surface area contributed by atoms with Gasteiger partial charge in [0.2, 0.25) is 0 Å². The second-order valence-corrected chi connectivity index (χ2v) is 13.3. The molecule has 5 rings (SSSR count). The van der Waals surface area contributed by atoms with Gasteiger partial charge in [-0.2, -0.15) is 0 Å². The predicted molar refractivity (Wildman–Crippen MR) is 192 cm³/mol. The summed E-state index contributed by atoms with van der Waals surface area (Å²) in [6.45, 7) is 12.6. The molecule has 4 aromatic heterocycles. The quantitative estimate of drug-likeness (QED) is 0.100. The van der Waals surface area contributed by atoms with Crippen molar-refractivity contribution in [2.45, 2.75) is 78.4 Å². The topological polar surface area (TPSA) is 79.3 Å². The molecule has 0 atom stereocenters. The molecule has 0 radical (unpaired) electrons. The second-order valence-electron chi connectivity index (χ2n) is 13.3. The lowest BCUT2D eigenvalue weighted by Crippen LogP contribution is -2.36. The Morgan fingerprint density at radius 3 is 1.31 bits per heavy atom. The van der Waals surface area contributed by atoms with Crippen molar-refractivity contribution in [2.24, 2.45) is 0 Å². The highest BCUT2D eigenvalue weighted by molar-refractivity contribution is 5.35. The molecule has 8 heteroatoms. The number of rotatable bonds is 18. The van der Waals surface area contributed by atoms with Gasteiger partial charge < -0.3 is 10.1 Å². The minimum Gasteiger partial charge on any atom is -0.494 e. The summed E-state index contributed by atoms with van der Waals surface area (Å²) in [5.41, 5.74) is 6.63. The van der Waals surface area contributed by atoms with Gasteiger partial charge in [0.1, 0.15) is 5.75 Å². The number of aromatic nitrogens is 4. The van der Waals surface area contributed by atoms with Gasteiger partial charge in [0.05, 0.1) is 29.4 Å². The van der Waals surface area contributed by atoms with Crippen LogP contribution in [0.2, 0.25) is 0 Å². The Labute approximate surface area is 286 Å². The molecule has 0 unspecified atom stereocenters. The molecular formula is C40H49N7O. The molecule has 0 aliphatic heterocycles. The summed E-state index contributed by atoms with van der Waals surface area (Å²) in [6.07, 6.45) is 9.48. The lowest BCUT2D eigenvalue weighted by molar-refractivity contribution is 0.236. The number of ether oxygens (including phenoxy) is 1. The summed E-state index contributed by atoms with van der Waals surface area (Å²) in [7, 11) is 0. The molecule has 0 amide bonds. The van der Waals surface area contributed by atoms with Crippen molar-refractivity contribution >= 4 is 0 Å². The van der Waals surface area contributed by atoms with Gasteiger partial charge in [0.15, 0.2) is 0 Å². The van der Waals surface area contributed by atoms with Gasteiger partial charge in [-0.15, -0.1) is 0 Å². The normalized spacial score (nSPS) is 11.7. The molecule has 1 N–H and O–H groups in total. The van der Waals surface area contributed by atoms with E-state index in [1.54, 1.807) is 0 Å². The molecule has 0 saturated carbocycles. The maximum absolute atomic E-state index is 6.44. The number of hydrogen-bond acceptors (Lipinski definition) is 8. The van der Waals surface area contributed by atoms with Crippen LogP contribution in [0.1, 0.15) is 67.5 Å². The highest BCUT2D eigenvalue weighted by atomic mass is 16.5. The molecule has 0 aliphatic carbocycles. The third kappa shape index (κ3) is 12.6. The molecule has 1 aromatic carbocycles. The summed E-state index contributed by atoms with van der Waals surface area (Å²) >= 11 is 0. The molecule has 0 bridgehead atoms. The summed E-state index contributed by atoms with van der Waals surface area (Å²) in [5.74, 6) is 0.900. The Morgan fingerprint density at radius 1 is 0.542 bits per heavy atom. The first kappa shape index (κ1) is 34.8. The number of nitrogens with zero attached hydrogens (tertiary/aromatic N) is 6. The van der Waals surface area contributed by atoms with Crippen LogP contribution in [0, 0.1) is 0 Å². The Balaban J connectivity index is 1.38. The monoisotopic (exact) mass is 643 g/mol. The Bertz CT molecular complexity index is 1420. The minimum absolute atomic E-state index is 0.122. The van der Waals surface area contributed by atoms with Crippen LogP contribution in [0.4, 0.5) is 0 Å². The van der Waals surface area contributed by atoms with Crippen molar-refractivity contribution < 1.29 is 4.74 Å². The van der Waals surface area contributed by atoms with E-state index in [9.17, 15) is 0 Å². The number of unbranched alkanes of at least 4 members (excludes halogenated alkanes) is 1. The van der Waals surface area contributed by atoms with Gasteiger partial charge in [0.25, 0.3) is 0 Å². The van der Waals surface area contributed by atoms with E-state index in [2.05, 4.69) is 98.3 Å². The van der Waals surface area contributed by atoms with Crippen molar-refractivity contribution in [3.05, 3.63) is 150 Å². The molecule has 0 saturated heterocycles. The highest BCUT2D eigenvalue weighted by Gasteiger charge is 2.15. The van der Waals surface area contributed by atoms with E-state index in [-0.39, 0.29) is 5.54 Å². The van der Waals surface area contributed by atoms with Crippen LogP contribution in [0.15, 0.2) is 116 Å². The Hall–Kier alpha value is -4.50. The van der Waals surface area contributed by atoms with Gasteiger partial charge in [-0.05, 0) is 112 Å². The number of benzene rings is 1. The first-order chi connectivity index (χ1) is 23.4. The van der Waals surface area contributed by atoms with Crippen LogP contribution in [0.3, 0.4) is 0 Å². The zero-order valence-corrected chi connectivity index (χ0v) is 28.6. The van der Waals surface area contributed by atoms with Gasteiger partial charge in [0, 0.05) is 69.6 Å². The van der Waals surface area contributed by atoms with E-state index < -0.39 is 0 Å². The van der Waals surface area contributed by atoms with Crippen LogP contribution >= 0.6 is 0 Å². The first-order valence-corrected chi connectivity index (χ1v) is 16.9. The molecule has 0 aliphatic rings. The van der Waals surface area contributed by atoms with E-state index in [0.717, 1.165) is 61.0 Å². The molecule has 5 aromatic rings. The second kappa shape index (κ2) is 18.2. The predicted octanol–water partition coefficient (Wildman–Crippen LogP) is 7.22. The molecule has 0 fully saturated rings. The van der Waals surface area contributed by atoms with E-state index in [4.69, 9.17) is 4.74 Å². The van der Waals surface area contributed by atoms with Crippen LogP contribution in [-0.2, 0) is 39.3 Å². The van der Waals surface area contributed by atoms with Crippen molar-refractivity contribution in [3.8, 4) is 5.75 Å². The maximum Gasteiger partial charge on any atom is 0.119 e. The van der Waals surface area contributed by atoms with E-state index >= 15 is 0 Å². The molecule has 8 nitrogen and oxygen atoms in total. The molecule has 4 heterocycles. The summed E-state index contributed by atoms with van der Waals surface area (Å²) in [6, 6.07) is 31.0. The summed E-state index contributed by atoms with van der Waals surface area (Å²) < 4.78 is 6.44. The van der Waals surface area contributed by atoms with Crippen LogP contribution < -0.4 is 10.1 Å². The van der Waals surface area contributed by atoms with Gasteiger partial charge in [-0.25, -0.2) is 0 Å². The van der Waals surface area contributed by atoms with Crippen molar-refractivity contribution in [3.63, 3.8) is 0 Å². The van der Waals surface area contributed by atoms with Crippen molar-refractivity contribution in [1.82, 2.24) is 35.1 Å². The van der Waals surface area contributed by atoms with Crippen LogP contribution in [-0.4, -0.2) is 48.4 Å². The van der Waals surface area contributed by atoms with E-state index in [0.29, 0.717) is 32.8 Å². The van der Waals surface area contributed by atoms with Gasteiger partial charge in [-0.1, -0.05) is 30.3 Å². The molecule has 48 heavy (non-hydrogen) atoms. The number of pyridine rings is 4. The van der Waals surface area contributed by atoms with Crippen LogP contribution in [0.5, 0.6) is 5.75 Å². The largest absolute Gasteiger partial charge is 0.494 e. The minimum atomic E-state index is 0.122. The zero-order valence-electron chi connectivity index (χ0n) is 28.6. The fourth-order valence-corrected chi connectivity index (χ4v) is 5.61. The zero-order chi connectivity index (χ0) is 33.4. The Kier molecular flexibility index (Phi) is 13.2. The lowest BCUT2D eigenvalue weighted by atomic mass is 10.1. The fraction of sp³-hybridized carbons (Fsp3) is 0.350. The number of nitrogens with one attached hydrogen (secondary N) is 1. The highest BCUT2D eigenvalue weighted by Crippen LogP contribution is 2.23. The fourth-order valence-electron chi connectivity index (χ4n) is 5.61. The van der Waals surface area contributed by atoms with E-state index in [1.165, 1.54) is 11.1 Å². The third-order valence-electron chi connectivity index (χ3n) is 7.78. The number of hydrogen-bond donors (Lipinski definition) is 1. The Morgan fingerprint density at radius 2 is 0.958 bits per heavy atom. The van der Waals surface area contributed by atoms with Crippen LogP contribution in [0.25, 0.3) is 0 Å². The van der Waals surface area contributed by atoms with Gasteiger partial charge >= 0.3 is 0 Å². The smallest absolute Gasteiger partial charge is 0.119 e. The lowest BCUT2D eigenvalue weighted by Gasteiger charge is -2.25. The first-order valence-electron chi connectivity index (χ1n) is 16.9. The SMILES string of the molecule is CC(C)(C)NCCCCOc1cc(CN(Cc2ccccn2)Cc2ccccn2)cc(CN(Cc2ccccn2)Cc2ccccn2)c1. The molecular weight excluding hydrogens is 594 g/mol. The average Bonchev–Trinajstić information content (AvgIpc) is 3.07. The summed E-state index contributed by atoms with van der Waals surface area (Å²) in [4.78, 5) is 23.3. The van der Waals surface area contributed by atoms with Gasteiger partial charge in [-0.3, -0.25) is 29.7 Å². The van der Waals surface area contributed by atoms with E-state index in [1.807, 2.05) is 73.3 Å². The average molecular weight is 644 g/mol. The standard InChI is InChI=1S/C40H49N7O/c1-40(2,3)45-22-12-13-23-48-39-25-33(27-46(29-35-14-4-8-18-41-35)30-36-15-5-9-19-42-36)24-34(26-39)28-47(31-37-16-6-10-20-43-37)32-38-17-7-11-21-44-38/h4-11,14-21,24-26,45H,12-13,22-23,27-32H2,1-3H3. The summed E-state index contributed by atoms with van der Waals surface area (Å²) in [5, 5.41) is 3.57. The van der Waals surface area contributed by atoms with Crippen molar-refractivity contribution in [2.75, 3.05) is 13.2 Å². The molecule has 250 valence electrons.